The number of likely N-dealkylation sites (tertiary alicyclic amines) is 1. The number of nitrogens with zero attached hydrogens (tertiary/aromatic N) is 2. The van der Waals surface area contributed by atoms with E-state index in [2.05, 4.69) is 23.5 Å². The number of urea groups is 1. The topological polar surface area (TPSA) is 71.1 Å². The summed E-state index contributed by atoms with van der Waals surface area (Å²) in [7, 11) is 3.28. The van der Waals surface area contributed by atoms with Crippen molar-refractivity contribution in [3.8, 4) is 11.5 Å². The van der Waals surface area contributed by atoms with E-state index in [0.717, 1.165) is 37.7 Å². The van der Waals surface area contributed by atoms with Gasteiger partial charge >= 0.3 is 6.03 Å². The van der Waals surface area contributed by atoms with Crippen LogP contribution in [0.1, 0.15) is 42.0 Å². The average Bonchev–Trinajstić information content (AvgIpc) is 2.88. The summed E-state index contributed by atoms with van der Waals surface area (Å²) < 4.78 is 11.3. The van der Waals surface area contributed by atoms with Gasteiger partial charge in [-0.1, -0.05) is 36.4 Å². The normalized spacial score (nSPS) is 23.5. The molecule has 34 heavy (non-hydrogen) atoms. The van der Waals surface area contributed by atoms with Gasteiger partial charge in [-0.25, -0.2) is 4.79 Å². The lowest BCUT2D eigenvalue weighted by Gasteiger charge is -2.51. The molecular formula is C27H33N3O4. The number of piperidine rings is 2. The van der Waals surface area contributed by atoms with Gasteiger partial charge in [0.2, 0.25) is 5.91 Å². The number of nitrogens with one attached hydrogen (secondary N) is 1. The monoisotopic (exact) mass is 463 g/mol. The van der Waals surface area contributed by atoms with Crippen LogP contribution in [0, 0.1) is 5.92 Å². The van der Waals surface area contributed by atoms with E-state index in [0.29, 0.717) is 31.1 Å². The first-order valence-electron chi connectivity index (χ1n) is 12.2. The number of carbonyl (C=O) groups is 2. The molecule has 7 heteroatoms. The van der Waals surface area contributed by atoms with Gasteiger partial charge in [-0.3, -0.25) is 4.79 Å². The van der Waals surface area contributed by atoms with E-state index in [1.54, 1.807) is 14.2 Å². The van der Waals surface area contributed by atoms with E-state index in [9.17, 15) is 9.59 Å². The molecule has 0 bridgehead atoms. The molecule has 3 amide bonds. The molecule has 5 rings (SSSR count). The van der Waals surface area contributed by atoms with E-state index in [1.807, 2.05) is 34.1 Å². The smallest absolute Gasteiger partial charge is 0.317 e. The number of hydrogen-bond donors (Lipinski definition) is 1. The fourth-order valence-electron chi connectivity index (χ4n) is 6.03. The van der Waals surface area contributed by atoms with Crippen molar-refractivity contribution in [3.63, 3.8) is 0 Å². The van der Waals surface area contributed by atoms with Crippen LogP contribution in [0.2, 0.25) is 0 Å². The van der Waals surface area contributed by atoms with E-state index in [1.165, 1.54) is 11.1 Å². The van der Waals surface area contributed by atoms with Crippen LogP contribution >= 0.6 is 0 Å². The van der Waals surface area contributed by atoms with Gasteiger partial charge in [0, 0.05) is 31.2 Å². The minimum atomic E-state index is -0.136. The Morgan fingerprint density at radius 2 is 1.91 bits per heavy atom. The first-order valence-corrected chi connectivity index (χ1v) is 12.2. The molecule has 2 aromatic carbocycles. The van der Waals surface area contributed by atoms with Crippen LogP contribution in [0.5, 0.6) is 11.5 Å². The highest BCUT2D eigenvalue weighted by atomic mass is 16.5. The molecule has 2 fully saturated rings. The lowest BCUT2D eigenvalue weighted by Crippen LogP contribution is -2.61. The van der Waals surface area contributed by atoms with Crippen LogP contribution in [0.25, 0.3) is 0 Å². The Kier molecular flexibility index (Phi) is 6.35. The van der Waals surface area contributed by atoms with Gasteiger partial charge in [-0.05, 0) is 49.3 Å². The van der Waals surface area contributed by atoms with Crippen LogP contribution in [-0.2, 0) is 17.6 Å². The maximum absolute atomic E-state index is 13.6. The Morgan fingerprint density at radius 3 is 2.68 bits per heavy atom. The number of benzene rings is 2. The minimum Gasteiger partial charge on any atom is -0.493 e. The van der Waals surface area contributed by atoms with Crippen molar-refractivity contribution in [3.05, 3.63) is 59.2 Å². The van der Waals surface area contributed by atoms with Crippen molar-refractivity contribution >= 4 is 11.9 Å². The van der Waals surface area contributed by atoms with E-state index in [-0.39, 0.29) is 29.9 Å². The number of rotatable bonds is 5. The summed E-state index contributed by atoms with van der Waals surface area (Å²) in [5, 5.41) is 3.10. The molecule has 0 radical (unpaired) electrons. The molecule has 7 nitrogen and oxygen atoms in total. The number of ether oxygens (including phenoxy) is 2. The first-order chi connectivity index (χ1) is 16.6. The third-order valence-electron chi connectivity index (χ3n) is 7.64. The van der Waals surface area contributed by atoms with E-state index >= 15 is 0 Å². The summed E-state index contributed by atoms with van der Waals surface area (Å²) in [6.07, 6.45) is 4.00. The number of hydrogen-bond acceptors (Lipinski definition) is 4. The number of methoxy groups -OCH3 is 2. The largest absolute Gasteiger partial charge is 0.493 e. The number of carbonyl (C=O) groups excluding carboxylic acids is 2. The maximum atomic E-state index is 13.6. The quantitative estimate of drug-likeness (QED) is 0.736. The lowest BCUT2D eigenvalue weighted by atomic mass is 9.76. The fraction of sp³-hybridized carbons (Fsp3) is 0.481. The Morgan fingerprint density at radius 1 is 1.09 bits per heavy atom. The summed E-state index contributed by atoms with van der Waals surface area (Å²) in [4.78, 5) is 30.8. The van der Waals surface area contributed by atoms with E-state index in [4.69, 9.17) is 9.47 Å². The van der Waals surface area contributed by atoms with Crippen LogP contribution < -0.4 is 14.8 Å². The molecule has 0 saturated carbocycles. The Hall–Kier alpha value is -3.22. The lowest BCUT2D eigenvalue weighted by molar-refractivity contribution is -0.148. The maximum Gasteiger partial charge on any atom is 0.317 e. The second kappa shape index (κ2) is 9.57. The predicted octanol–water partition coefficient (Wildman–Crippen LogP) is 3.57. The third kappa shape index (κ3) is 3.97. The van der Waals surface area contributed by atoms with Gasteiger partial charge in [0.05, 0.1) is 26.2 Å². The minimum absolute atomic E-state index is 0.0690. The first kappa shape index (κ1) is 22.6. The van der Waals surface area contributed by atoms with Gasteiger partial charge in [-0.2, -0.15) is 0 Å². The van der Waals surface area contributed by atoms with Crippen molar-refractivity contribution in [2.45, 2.75) is 44.2 Å². The highest BCUT2D eigenvalue weighted by molar-refractivity contribution is 5.84. The zero-order chi connectivity index (χ0) is 23.7. The zero-order valence-corrected chi connectivity index (χ0v) is 20.0. The van der Waals surface area contributed by atoms with Crippen molar-refractivity contribution in [2.24, 2.45) is 5.92 Å². The van der Waals surface area contributed by atoms with Gasteiger partial charge < -0.3 is 24.6 Å². The standard InChI is InChI=1S/C27H33N3O4/c1-33-23-11-10-19-13-16-29-22(24(19)25(23)34-2)17-21-20(26(29)31)9-6-15-30(21)27(32)28-14-12-18-7-4-3-5-8-18/h3-5,7-8,10-11,20-22H,6,9,12-17H2,1-2H3,(H,28,32)/t20-,21-,22+/m0/s1. The highest BCUT2D eigenvalue weighted by Crippen LogP contribution is 2.48. The number of amides is 3. The summed E-state index contributed by atoms with van der Waals surface area (Å²) in [6.45, 7) is 1.97. The van der Waals surface area contributed by atoms with Gasteiger partial charge in [0.15, 0.2) is 11.5 Å². The Labute approximate surface area is 201 Å². The summed E-state index contributed by atoms with van der Waals surface area (Å²) in [6, 6.07) is 13.9. The molecule has 3 atom stereocenters. The van der Waals surface area contributed by atoms with Crippen LogP contribution in [0.15, 0.2) is 42.5 Å². The molecule has 2 aromatic rings. The third-order valence-corrected chi connectivity index (χ3v) is 7.64. The van der Waals surface area contributed by atoms with E-state index < -0.39 is 0 Å². The van der Waals surface area contributed by atoms with Crippen molar-refractivity contribution in [1.82, 2.24) is 15.1 Å². The molecule has 180 valence electrons. The van der Waals surface area contributed by atoms with Crippen LogP contribution in [0.3, 0.4) is 0 Å². The molecule has 3 aliphatic heterocycles. The van der Waals surface area contributed by atoms with Gasteiger partial charge in [-0.15, -0.1) is 0 Å². The van der Waals surface area contributed by atoms with Crippen LogP contribution in [-0.4, -0.2) is 61.6 Å². The molecule has 2 saturated heterocycles. The molecular weight excluding hydrogens is 430 g/mol. The molecule has 0 spiro atoms. The highest BCUT2D eigenvalue weighted by Gasteiger charge is 2.49. The average molecular weight is 464 g/mol. The second-order valence-electron chi connectivity index (χ2n) is 9.38. The molecule has 0 unspecified atom stereocenters. The zero-order valence-electron chi connectivity index (χ0n) is 20.0. The Balaban J connectivity index is 1.37. The SMILES string of the molecule is COc1ccc2c(c1OC)[C@H]1C[C@H]3[C@H](CCCN3C(=O)NCCc3ccccc3)C(=O)N1CC2. The summed E-state index contributed by atoms with van der Waals surface area (Å²) >= 11 is 0. The number of fused-ring (bicyclic) bond motifs is 4. The van der Waals surface area contributed by atoms with Crippen molar-refractivity contribution < 1.29 is 19.1 Å². The molecule has 3 heterocycles. The molecule has 0 aliphatic carbocycles. The fourth-order valence-corrected chi connectivity index (χ4v) is 6.03. The molecule has 1 N–H and O–H groups in total. The summed E-state index contributed by atoms with van der Waals surface area (Å²) in [5.41, 5.74) is 3.43. The van der Waals surface area contributed by atoms with Gasteiger partial charge in [0.25, 0.3) is 0 Å². The molecule has 3 aliphatic rings. The van der Waals surface area contributed by atoms with Crippen LogP contribution in [0.4, 0.5) is 4.79 Å². The molecule has 0 aromatic heterocycles. The van der Waals surface area contributed by atoms with Crippen molar-refractivity contribution in [2.75, 3.05) is 33.9 Å². The Bertz CT molecular complexity index is 1060. The van der Waals surface area contributed by atoms with Gasteiger partial charge in [0.1, 0.15) is 0 Å². The summed E-state index contributed by atoms with van der Waals surface area (Å²) in [5.74, 6) is 1.41. The second-order valence-corrected chi connectivity index (χ2v) is 9.38. The predicted molar refractivity (Wildman–Crippen MR) is 129 cm³/mol. The van der Waals surface area contributed by atoms with Crippen molar-refractivity contribution in [1.29, 1.82) is 0 Å².